The van der Waals surface area contributed by atoms with Crippen LogP contribution in [-0.2, 0) is 0 Å². The Morgan fingerprint density at radius 3 is 1.71 bits per heavy atom. The van der Waals surface area contributed by atoms with E-state index in [2.05, 4.69) is 41.5 Å². The lowest BCUT2D eigenvalue weighted by atomic mass is 9.76. The van der Waals surface area contributed by atoms with Gasteiger partial charge in [0.25, 0.3) is 0 Å². The van der Waals surface area contributed by atoms with Gasteiger partial charge >= 0.3 is 0 Å². The largest absolute Gasteiger partial charge is 0.393 e. The summed E-state index contributed by atoms with van der Waals surface area (Å²) in [4.78, 5) is 0. The minimum absolute atomic E-state index is 0.0302. The molecular weight excluding hydrogens is 172 g/mol. The Labute approximate surface area is 89.9 Å². The van der Waals surface area contributed by atoms with Crippen LogP contribution in [-0.4, -0.2) is 11.2 Å². The van der Waals surface area contributed by atoms with Crippen molar-refractivity contribution in [1.29, 1.82) is 0 Å². The Bertz CT molecular complexity index is 151. The Hall–Kier alpha value is -0.0400. The fourth-order valence-corrected chi connectivity index (χ4v) is 1.52. The Balaban J connectivity index is 4.05. The van der Waals surface area contributed by atoms with Crippen LogP contribution in [0.5, 0.6) is 0 Å². The van der Waals surface area contributed by atoms with E-state index in [1.165, 1.54) is 12.8 Å². The Morgan fingerprint density at radius 1 is 1.00 bits per heavy atom. The molecule has 0 saturated heterocycles. The van der Waals surface area contributed by atoms with Gasteiger partial charge in [-0.05, 0) is 23.7 Å². The van der Waals surface area contributed by atoms with Crippen LogP contribution in [0.4, 0.5) is 0 Å². The molecule has 0 saturated carbocycles. The minimum Gasteiger partial charge on any atom is -0.393 e. The zero-order valence-corrected chi connectivity index (χ0v) is 10.9. The lowest BCUT2D eigenvalue weighted by Crippen LogP contribution is -2.28. The Morgan fingerprint density at radius 2 is 1.43 bits per heavy atom. The molecule has 0 aliphatic rings. The first-order valence-corrected chi connectivity index (χ1v) is 5.93. The maximum Gasteiger partial charge on any atom is 0.0588 e. The smallest absolute Gasteiger partial charge is 0.0588 e. The number of aliphatic hydroxyl groups is 1. The van der Waals surface area contributed by atoms with Crippen molar-refractivity contribution in [3.05, 3.63) is 0 Å². The fraction of sp³-hybridized carbons (Fsp3) is 1.00. The van der Waals surface area contributed by atoms with Crippen molar-refractivity contribution < 1.29 is 5.11 Å². The summed E-state index contributed by atoms with van der Waals surface area (Å²) in [6.07, 6.45) is 4.32. The van der Waals surface area contributed by atoms with Gasteiger partial charge in [-0.25, -0.2) is 0 Å². The summed E-state index contributed by atoms with van der Waals surface area (Å²) in [6, 6.07) is 0. The molecule has 0 radical (unpaired) electrons. The van der Waals surface area contributed by atoms with Crippen LogP contribution in [0.3, 0.4) is 0 Å². The summed E-state index contributed by atoms with van der Waals surface area (Å²) in [5, 5.41) is 9.94. The summed E-state index contributed by atoms with van der Waals surface area (Å²) in [6.45, 7) is 13.1. The molecule has 14 heavy (non-hydrogen) atoms. The van der Waals surface area contributed by atoms with Crippen LogP contribution in [0.2, 0.25) is 0 Å². The van der Waals surface area contributed by atoms with Crippen LogP contribution in [0.15, 0.2) is 0 Å². The van der Waals surface area contributed by atoms with Crippen LogP contribution in [0.1, 0.15) is 67.2 Å². The van der Waals surface area contributed by atoms with E-state index in [4.69, 9.17) is 0 Å². The van der Waals surface area contributed by atoms with Crippen molar-refractivity contribution in [1.82, 2.24) is 0 Å². The molecule has 1 atom stereocenters. The zero-order chi connectivity index (χ0) is 11.4. The van der Waals surface area contributed by atoms with E-state index in [0.717, 1.165) is 12.8 Å². The summed E-state index contributed by atoms with van der Waals surface area (Å²) < 4.78 is 0. The molecule has 0 spiro atoms. The monoisotopic (exact) mass is 200 g/mol. The van der Waals surface area contributed by atoms with E-state index in [1.807, 2.05) is 0 Å². The molecule has 0 bridgehead atoms. The molecule has 0 rings (SSSR count). The standard InChI is InChI=1S/C13H28O/c1-7-13(6,8-2)10-9-11(14)12(3,4)5/h11,14H,7-10H2,1-6H3. The first-order valence-electron chi connectivity index (χ1n) is 5.93. The lowest BCUT2D eigenvalue weighted by Gasteiger charge is -2.31. The number of hydrogen-bond acceptors (Lipinski definition) is 1. The third kappa shape index (κ3) is 4.45. The van der Waals surface area contributed by atoms with Gasteiger partial charge in [0.05, 0.1) is 6.10 Å². The third-order valence-corrected chi connectivity index (χ3v) is 3.73. The molecule has 0 aromatic carbocycles. The quantitative estimate of drug-likeness (QED) is 0.711. The first-order chi connectivity index (χ1) is 6.25. The second-order valence-electron chi connectivity index (χ2n) is 5.94. The second kappa shape index (κ2) is 5.16. The van der Waals surface area contributed by atoms with E-state index >= 15 is 0 Å². The SMILES string of the molecule is CCC(C)(CC)CCC(O)C(C)(C)C. The minimum atomic E-state index is -0.167. The van der Waals surface area contributed by atoms with Gasteiger partial charge in [-0.15, -0.1) is 0 Å². The van der Waals surface area contributed by atoms with E-state index in [-0.39, 0.29) is 11.5 Å². The van der Waals surface area contributed by atoms with Crippen molar-refractivity contribution in [2.45, 2.75) is 73.3 Å². The predicted octanol–water partition coefficient (Wildman–Crippen LogP) is 4.00. The normalized spacial score (nSPS) is 15.6. The molecule has 1 unspecified atom stereocenters. The molecule has 0 aliphatic carbocycles. The van der Waals surface area contributed by atoms with Crippen molar-refractivity contribution in [2.24, 2.45) is 10.8 Å². The molecule has 1 nitrogen and oxygen atoms in total. The van der Waals surface area contributed by atoms with E-state index in [1.54, 1.807) is 0 Å². The Kier molecular flexibility index (Phi) is 5.14. The number of rotatable bonds is 5. The van der Waals surface area contributed by atoms with Crippen molar-refractivity contribution >= 4 is 0 Å². The van der Waals surface area contributed by atoms with Gasteiger partial charge in [-0.2, -0.15) is 0 Å². The molecule has 0 aliphatic heterocycles. The maximum atomic E-state index is 9.94. The topological polar surface area (TPSA) is 20.2 Å². The van der Waals surface area contributed by atoms with Crippen molar-refractivity contribution in [2.75, 3.05) is 0 Å². The molecule has 0 amide bonds. The summed E-state index contributed by atoms with van der Waals surface area (Å²) in [5.41, 5.74) is 0.453. The molecule has 0 aromatic rings. The van der Waals surface area contributed by atoms with Gasteiger partial charge < -0.3 is 5.11 Å². The molecule has 86 valence electrons. The summed E-state index contributed by atoms with van der Waals surface area (Å²) >= 11 is 0. The van der Waals surface area contributed by atoms with Crippen LogP contribution in [0, 0.1) is 10.8 Å². The van der Waals surface area contributed by atoms with Crippen molar-refractivity contribution in [3.8, 4) is 0 Å². The maximum absolute atomic E-state index is 9.94. The van der Waals surface area contributed by atoms with Gasteiger partial charge in [-0.1, -0.05) is 54.4 Å². The van der Waals surface area contributed by atoms with Gasteiger partial charge in [0.15, 0.2) is 0 Å². The molecule has 0 heterocycles. The van der Waals surface area contributed by atoms with Crippen LogP contribution < -0.4 is 0 Å². The third-order valence-electron chi connectivity index (χ3n) is 3.73. The average molecular weight is 200 g/mol. The molecular formula is C13H28O. The molecule has 0 aromatic heterocycles. The highest BCUT2D eigenvalue weighted by Gasteiger charge is 2.26. The zero-order valence-electron chi connectivity index (χ0n) is 10.9. The fourth-order valence-electron chi connectivity index (χ4n) is 1.52. The van der Waals surface area contributed by atoms with Gasteiger partial charge in [0.1, 0.15) is 0 Å². The van der Waals surface area contributed by atoms with Crippen molar-refractivity contribution in [3.63, 3.8) is 0 Å². The number of hydrogen-bond donors (Lipinski definition) is 1. The highest BCUT2D eigenvalue weighted by atomic mass is 16.3. The lowest BCUT2D eigenvalue weighted by molar-refractivity contribution is 0.0419. The molecule has 1 N–H and O–H groups in total. The van der Waals surface area contributed by atoms with E-state index in [0.29, 0.717) is 5.41 Å². The first kappa shape index (κ1) is 14.0. The molecule has 1 heteroatoms. The number of aliphatic hydroxyl groups excluding tert-OH is 1. The average Bonchev–Trinajstić information content (AvgIpc) is 2.12. The molecule has 0 fully saturated rings. The van der Waals surface area contributed by atoms with Crippen LogP contribution >= 0.6 is 0 Å². The van der Waals surface area contributed by atoms with E-state index in [9.17, 15) is 5.11 Å². The van der Waals surface area contributed by atoms with Crippen LogP contribution in [0.25, 0.3) is 0 Å². The second-order valence-corrected chi connectivity index (χ2v) is 5.94. The van der Waals surface area contributed by atoms with Gasteiger partial charge in [-0.3, -0.25) is 0 Å². The predicted molar refractivity (Wildman–Crippen MR) is 63.4 cm³/mol. The summed E-state index contributed by atoms with van der Waals surface area (Å²) in [5.74, 6) is 0. The highest BCUT2D eigenvalue weighted by Crippen LogP contribution is 2.34. The summed E-state index contributed by atoms with van der Waals surface area (Å²) in [7, 11) is 0. The van der Waals surface area contributed by atoms with Gasteiger partial charge in [0.2, 0.25) is 0 Å². The highest BCUT2D eigenvalue weighted by molar-refractivity contribution is 4.77. The van der Waals surface area contributed by atoms with Gasteiger partial charge in [0, 0.05) is 0 Å². The van der Waals surface area contributed by atoms with E-state index < -0.39 is 0 Å².